The largest absolute Gasteiger partial charge is 0.468 e. The number of rotatable bonds is 4. The fourth-order valence-corrected chi connectivity index (χ4v) is 4.58. The first-order chi connectivity index (χ1) is 13.6. The van der Waals surface area contributed by atoms with Gasteiger partial charge in [-0.05, 0) is 17.7 Å². The minimum absolute atomic E-state index is 0.0146. The van der Waals surface area contributed by atoms with E-state index in [0.29, 0.717) is 29.7 Å². The lowest BCUT2D eigenvalue weighted by atomic mass is 9.86. The van der Waals surface area contributed by atoms with Gasteiger partial charge in [-0.15, -0.1) is 0 Å². The summed E-state index contributed by atoms with van der Waals surface area (Å²) in [5.74, 6) is 1.02. The molecule has 0 bridgehead atoms. The number of thioether (sulfide) groups is 1. The lowest BCUT2D eigenvalue weighted by Crippen LogP contribution is -2.46. The summed E-state index contributed by atoms with van der Waals surface area (Å²) >= 11 is 1.46. The van der Waals surface area contributed by atoms with E-state index in [1.54, 1.807) is 23.3 Å². The number of fused-ring (bicyclic) bond motifs is 1. The zero-order chi connectivity index (χ0) is 19.7. The van der Waals surface area contributed by atoms with Crippen LogP contribution in [-0.2, 0) is 11.3 Å². The van der Waals surface area contributed by atoms with Crippen LogP contribution >= 0.6 is 11.8 Å². The van der Waals surface area contributed by atoms with Crippen LogP contribution in [0.4, 0.5) is 5.69 Å². The second kappa shape index (κ2) is 7.50. The fraction of sp³-hybridized carbons (Fsp3) is 0.263. The van der Waals surface area contributed by atoms with E-state index in [-0.39, 0.29) is 23.9 Å². The molecule has 2 aliphatic heterocycles. The van der Waals surface area contributed by atoms with Crippen molar-refractivity contribution in [3.05, 3.63) is 74.7 Å². The SMILES string of the molecule is N#CC1=C2SCN(Cc3ccco3)CN2C(=O)CC1c1ccc([N+](=O)[O-])cc1. The predicted molar refractivity (Wildman–Crippen MR) is 102 cm³/mol. The van der Waals surface area contributed by atoms with E-state index in [1.165, 1.54) is 23.9 Å². The highest BCUT2D eigenvalue weighted by molar-refractivity contribution is 8.03. The molecule has 1 amide bonds. The maximum absolute atomic E-state index is 12.8. The monoisotopic (exact) mass is 396 g/mol. The summed E-state index contributed by atoms with van der Waals surface area (Å²) in [6, 6.07) is 12.0. The van der Waals surface area contributed by atoms with Gasteiger partial charge in [0.05, 0.1) is 46.9 Å². The first-order valence-corrected chi connectivity index (χ1v) is 9.62. The van der Waals surface area contributed by atoms with Gasteiger partial charge in [0, 0.05) is 24.5 Å². The van der Waals surface area contributed by atoms with Crippen LogP contribution in [0.25, 0.3) is 0 Å². The Kier molecular flexibility index (Phi) is 4.90. The molecular weight excluding hydrogens is 380 g/mol. The van der Waals surface area contributed by atoms with Crippen LogP contribution in [0.15, 0.2) is 57.7 Å². The van der Waals surface area contributed by atoms with E-state index in [4.69, 9.17) is 4.42 Å². The maximum atomic E-state index is 12.8. The van der Waals surface area contributed by atoms with E-state index in [2.05, 4.69) is 11.0 Å². The van der Waals surface area contributed by atoms with Gasteiger partial charge in [0.15, 0.2) is 0 Å². The van der Waals surface area contributed by atoms with E-state index in [1.807, 2.05) is 12.1 Å². The van der Waals surface area contributed by atoms with Crippen LogP contribution in [0.5, 0.6) is 0 Å². The number of hydrogen-bond acceptors (Lipinski definition) is 7. The molecule has 28 heavy (non-hydrogen) atoms. The Balaban J connectivity index is 1.59. The molecule has 0 N–H and O–H groups in total. The average molecular weight is 396 g/mol. The molecule has 1 aromatic carbocycles. The number of hydrogen-bond donors (Lipinski definition) is 0. The molecule has 1 saturated heterocycles. The van der Waals surface area contributed by atoms with Crippen LogP contribution in [0.2, 0.25) is 0 Å². The van der Waals surface area contributed by atoms with Gasteiger partial charge in [0.25, 0.3) is 5.69 Å². The van der Waals surface area contributed by atoms with Crippen molar-refractivity contribution in [1.82, 2.24) is 9.80 Å². The second-order valence-corrected chi connectivity index (χ2v) is 7.51. The smallest absolute Gasteiger partial charge is 0.269 e. The molecule has 0 radical (unpaired) electrons. The lowest BCUT2D eigenvalue weighted by Gasteiger charge is -2.41. The fourth-order valence-electron chi connectivity index (χ4n) is 3.44. The molecule has 1 aromatic heterocycles. The Morgan fingerprint density at radius 2 is 2.11 bits per heavy atom. The number of allylic oxidation sites excluding steroid dienone is 1. The number of carbonyl (C=O) groups excluding carboxylic acids is 1. The number of nitro benzene ring substituents is 1. The Hall–Kier alpha value is -3.09. The molecule has 2 aliphatic rings. The van der Waals surface area contributed by atoms with Gasteiger partial charge in [-0.25, -0.2) is 0 Å². The molecule has 1 atom stereocenters. The summed E-state index contributed by atoms with van der Waals surface area (Å²) in [7, 11) is 0. The van der Waals surface area contributed by atoms with Crippen LogP contribution in [-0.4, -0.2) is 33.2 Å². The summed E-state index contributed by atoms with van der Waals surface area (Å²) in [5.41, 5.74) is 1.26. The number of nitriles is 1. The number of benzene rings is 1. The average Bonchev–Trinajstić information content (AvgIpc) is 3.21. The summed E-state index contributed by atoms with van der Waals surface area (Å²) in [6.07, 6.45) is 1.78. The molecular formula is C19H16N4O4S. The maximum Gasteiger partial charge on any atom is 0.269 e. The van der Waals surface area contributed by atoms with E-state index in [0.717, 1.165) is 11.3 Å². The van der Waals surface area contributed by atoms with Crippen molar-refractivity contribution in [1.29, 1.82) is 5.26 Å². The van der Waals surface area contributed by atoms with Gasteiger partial charge in [-0.2, -0.15) is 5.26 Å². The normalized spacial score (nSPS) is 20.0. The Labute approximate surface area is 165 Å². The van der Waals surface area contributed by atoms with Gasteiger partial charge < -0.3 is 4.42 Å². The van der Waals surface area contributed by atoms with Crippen LogP contribution < -0.4 is 0 Å². The Morgan fingerprint density at radius 3 is 2.75 bits per heavy atom. The summed E-state index contributed by atoms with van der Waals surface area (Å²) in [4.78, 5) is 26.9. The second-order valence-electron chi connectivity index (χ2n) is 6.58. The highest BCUT2D eigenvalue weighted by atomic mass is 32.2. The van der Waals surface area contributed by atoms with Gasteiger partial charge >= 0.3 is 0 Å². The standard InChI is InChI=1S/C19H16N4O4S/c20-9-17-16(13-3-5-14(6-4-13)23(25)26)8-18(24)22-11-21(12-28-19(17)22)10-15-2-1-7-27-15/h1-7,16H,8,10-12H2. The predicted octanol–water partition coefficient (Wildman–Crippen LogP) is 3.40. The number of non-ortho nitro benzene ring substituents is 1. The van der Waals surface area contributed by atoms with Gasteiger partial charge in [0.1, 0.15) is 5.76 Å². The minimum atomic E-state index is -0.466. The van der Waals surface area contributed by atoms with Gasteiger partial charge in [-0.3, -0.25) is 24.7 Å². The summed E-state index contributed by atoms with van der Waals surface area (Å²) in [5, 5.41) is 21.3. The molecule has 0 spiro atoms. The number of furan rings is 1. The first-order valence-electron chi connectivity index (χ1n) is 8.63. The van der Waals surface area contributed by atoms with Crippen LogP contribution in [0, 0.1) is 21.4 Å². The van der Waals surface area contributed by atoms with Crippen molar-refractivity contribution in [3.63, 3.8) is 0 Å². The highest BCUT2D eigenvalue weighted by Gasteiger charge is 2.38. The third-order valence-electron chi connectivity index (χ3n) is 4.82. The molecule has 3 heterocycles. The van der Waals surface area contributed by atoms with Crippen molar-refractivity contribution in [3.8, 4) is 6.07 Å². The van der Waals surface area contributed by atoms with Crippen LogP contribution in [0.1, 0.15) is 23.7 Å². The third-order valence-corrected chi connectivity index (χ3v) is 6.02. The summed E-state index contributed by atoms with van der Waals surface area (Å²) < 4.78 is 5.38. The molecule has 2 aromatic rings. The number of nitro groups is 1. The summed E-state index contributed by atoms with van der Waals surface area (Å²) in [6.45, 7) is 0.991. The number of amides is 1. The molecule has 9 heteroatoms. The van der Waals surface area contributed by atoms with Crippen molar-refractivity contribution >= 4 is 23.4 Å². The van der Waals surface area contributed by atoms with Gasteiger partial charge in [-0.1, -0.05) is 23.9 Å². The topological polar surface area (TPSA) is 104 Å². The molecule has 1 fully saturated rings. The van der Waals surface area contributed by atoms with Gasteiger partial charge in [0.2, 0.25) is 5.91 Å². The Morgan fingerprint density at radius 1 is 1.32 bits per heavy atom. The lowest BCUT2D eigenvalue weighted by molar-refractivity contribution is -0.384. The van der Waals surface area contributed by atoms with E-state index in [9.17, 15) is 20.2 Å². The molecule has 0 aliphatic carbocycles. The molecule has 142 valence electrons. The van der Waals surface area contributed by atoms with Crippen molar-refractivity contribution in [2.75, 3.05) is 12.5 Å². The zero-order valence-corrected chi connectivity index (χ0v) is 15.6. The van der Waals surface area contributed by atoms with E-state index >= 15 is 0 Å². The van der Waals surface area contributed by atoms with Crippen molar-refractivity contribution < 1.29 is 14.1 Å². The highest BCUT2D eigenvalue weighted by Crippen LogP contribution is 2.42. The molecule has 4 rings (SSSR count). The van der Waals surface area contributed by atoms with Crippen molar-refractivity contribution in [2.24, 2.45) is 0 Å². The third kappa shape index (κ3) is 3.40. The van der Waals surface area contributed by atoms with Crippen LogP contribution in [0.3, 0.4) is 0 Å². The zero-order valence-electron chi connectivity index (χ0n) is 14.8. The minimum Gasteiger partial charge on any atom is -0.468 e. The Bertz CT molecular complexity index is 978. The number of carbonyl (C=O) groups is 1. The van der Waals surface area contributed by atoms with Crippen molar-refractivity contribution in [2.45, 2.75) is 18.9 Å². The quantitative estimate of drug-likeness (QED) is 0.576. The first kappa shape index (κ1) is 18.3. The number of nitrogens with zero attached hydrogens (tertiary/aromatic N) is 4. The molecule has 1 unspecified atom stereocenters. The molecule has 0 saturated carbocycles. The van der Waals surface area contributed by atoms with E-state index < -0.39 is 4.92 Å². The molecule has 8 nitrogen and oxygen atoms in total.